The van der Waals surface area contributed by atoms with Crippen molar-refractivity contribution in [2.24, 2.45) is 0 Å². The van der Waals surface area contributed by atoms with Gasteiger partial charge in [-0.25, -0.2) is 9.97 Å². The molecule has 0 bridgehead atoms. The number of aromatic nitrogens is 3. The van der Waals surface area contributed by atoms with E-state index in [2.05, 4.69) is 38.9 Å². The molecule has 0 unspecified atom stereocenters. The highest BCUT2D eigenvalue weighted by Gasteiger charge is 2.13. The normalized spacial score (nSPS) is 12.1. The fourth-order valence-corrected chi connectivity index (χ4v) is 4.42. The van der Waals surface area contributed by atoms with Crippen molar-refractivity contribution in [2.75, 3.05) is 5.32 Å². The Kier molecular flexibility index (Phi) is 5.29. The van der Waals surface area contributed by atoms with Gasteiger partial charge in [-0.15, -0.1) is 11.3 Å². The van der Waals surface area contributed by atoms with E-state index in [-0.39, 0.29) is 11.9 Å². The van der Waals surface area contributed by atoms with E-state index in [1.807, 2.05) is 79.3 Å². The summed E-state index contributed by atoms with van der Waals surface area (Å²) in [5.74, 6) is -0.151. The number of nitrogens with one attached hydrogen (secondary N) is 1. The third-order valence-electron chi connectivity index (χ3n) is 5.59. The second kappa shape index (κ2) is 8.40. The number of aryl methyl sites for hydroxylation is 1. The molecule has 0 saturated carbocycles. The Labute approximate surface area is 190 Å². The number of anilines is 1. The number of hydrogen-bond acceptors (Lipinski definition) is 4. The van der Waals surface area contributed by atoms with E-state index in [9.17, 15) is 4.79 Å². The molecule has 0 aliphatic rings. The molecule has 1 atom stereocenters. The van der Waals surface area contributed by atoms with Gasteiger partial charge in [0.1, 0.15) is 0 Å². The van der Waals surface area contributed by atoms with Crippen LogP contribution < -0.4 is 5.32 Å². The summed E-state index contributed by atoms with van der Waals surface area (Å²) in [5.41, 5.74) is 6.36. The molecule has 1 amide bonds. The second-order valence-corrected chi connectivity index (χ2v) is 8.79. The van der Waals surface area contributed by atoms with Gasteiger partial charge in [0.25, 0.3) is 5.91 Å². The maximum Gasteiger partial charge on any atom is 0.255 e. The number of benzene rings is 3. The van der Waals surface area contributed by atoms with Gasteiger partial charge >= 0.3 is 0 Å². The van der Waals surface area contributed by atoms with Crippen LogP contribution in [-0.4, -0.2) is 20.4 Å². The highest BCUT2D eigenvalue weighted by atomic mass is 32.1. The molecule has 0 spiro atoms. The van der Waals surface area contributed by atoms with Crippen molar-refractivity contribution in [2.45, 2.75) is 19.9 Å². The SMILES string of the molecule is Cc1nc(-c2ccc(C(=O)Nc3ccc4c(c3)ncn4[C@H](C)c3ccccc3)cc2)cs1. The summed E-state index contributed by atoms with van der Waals surface area (Å²) in [7, 11) is 0. The maximum absolute atomic E-state index is 12.8. The van der Waals surface area contributed by atoms with Crippen LogP contribution in [0.2, 0.25) is 0 Å². The predicted octanol–water partition coefficient (Wildman–Crippen LogP) is 6.33. The molecule has 32 heavy (non-hydrogen) atoms. The number of carbonyl (C=O) groups excluding carboxylic acids is 1. The Morgan fingerprint density at radius 1 is 1.03 bits per heavy atom. The molecule has 0 radical (unpaired) electrons. The Morgan fingerprint density at radius 3 is 2.53 bits per heavy atom. The minimum absolute atomic E-state index is 0.151. The monoisotopic (exact) mass is 438 g/mol. The van der Waals surface area contributed by atoms with Crippen molar-refractivity contribution < 1.29 is 4.79 Å². The van der Waals surface area contributed by atoms with Crippen molar-refractivity contribution in [3.63, 3.8) is 0 Å². The molecule has 5 aromatic rings. The van der Waals surface area contributed by atoms with Crippen LogP contribution >= 0.6 is 11.3 Å². The molecule has 0 fully saturated rings. The van der Waals surface area contributed by atoms with E-state index in [1.54, 1.807) is 11.3 Å². The van der Waals surface area contributed by atoms with Crippen LogP contribution in [-0.2, 0) is 0 Å². The molecule has 1 N–H and O–H groups in total. The summed E-state index contributed by atoms with van der Waals surface area (Å²) in [6.07, 6.45) is 1.85. The van der Waals surface area contributed by atoms with Crippen LogP contribution in [0.5, 0.6) is 0 Å². The molecule has 6 heteroatoms. The molecule has 0 saturated heterocycles. The predicted molar refractivity (Wildman–Crippen MR) is 130 cm³/mol. The maximum atomic E-state index is 12.8. The number of hydrogen-bond donors (Lipinski definition) is 1. The first-order valence-corrected chi connectivity index (χ1v) is 11.3. The summed E-state index contributed by atoms with van der Waals surface area (Å²) in [4.78, 5) is 21.8. The fraction of sp³-hybridized carbons (Fsp3) is 0.115. The van der Waals surface area contributed by atoms with Crippen LogP contribution in [0.15, 0.2) is 84.5 Å². The van der Waals surface area contributed by atoms with Crippen LogP contribution in [0.3, 0.4) is 0 Å². The number of rotatable bonds is 5. The molecule has 0 aliphatic carbocycles. The van der Waals surface area contributed by atoms with Crippen LogP contribution in [0.25, 0.3) is 22.3 Å². The smallest absolute Gasteiger partial charge is 0.255 e. The summed E-state index contributed by atoms with van der Waals surface area (Å²) < 4.78 is 2.15. The number of nitrogens with zero attached hydrogens (tertiary/aromatic N) is 3. The van der Waals surface area contributed by atoms with Crippen LogP contribution in [0.1, 0.15) is 33.9 Å². The molecule has 3 aromatic carbocycles. The lowest BCUT2D eigenvalue weighted by molar-refractivity contribution is 0.102. The Balaban J connectivity index is 1.34. The number of thiazole rings is 1. The minimum atomic E-state index is -0.151. The van der Waals surface area contributed by atoms with Crippen LogP contribution in [0, 0.1) is 6.92 Å². The summed E-state index contributed by atoms with van der Waals surface area (Å²) in [5, 5.41) is 6.03. The Hall–Kier alpha value is -3.77. The van der Waals surface area contributed by atoms with E-state index in [4.69, 9.17) is 0 Å². The van der Waals surface area contributed by atoms with Gasteiger partial charge in [0, 0.05) is 22.2 Å². The number of amides is 1. The standard InChI is InChI=1S/C26H22N4OS/c1-17(19-6-4-3-5-7-19)30-16-27-23-14-22(12-13-25(23)30)29-26(31)21-10-8-20(9-11-21)24-15-32-18(2)28-24/h3-17H,1-2H3,(H,29,31)/t17-/m1/s1. The molecular weight excluding hydrogens is 416 g/mol. The quantitative estimate of drug-likeness (QED) is 0.349. The largest absolute Gasteiger partial charge is 0.323 e. The van der Waals surface area contributed by atoms with Crippen molar-refractivity contribution in [1.29, 1.82) is 0 Å². The van der Waals surface area contributed by atoms with Gasteiger partial charge < -0.3 is 9.88 Å². The number of fused-ring (bicyclic) bond motifs is 1. The lowest BCUT2D eigenvalue weighted by atomic mass is 10.1. The molecule has 2 heterocycles. The Bertz CT molecular complexity index is 1390. The van der Waals surface area contributed by atoms with E-state index in [0.717, 1.165) is 33.0 Å². The van der Waals surface area contributed by atoms with Gasteiger partial charge in [-0.2, -0.15) is 0 Å². The third-order valence-corrected chi connectivity index (χ3v) is 6.37. The van der Waals surface area contributed by atoms with Gasteiger partial charge in [-0.1, -0.05) is 42.5 Å². The zero-order valence-electron chi connectivity index (χ0n) is 17.8. The first-order valence-electron chi connectivity index (χ1n) is 10.4. The zero-order chi connectivity index (χ0) is 22.1. The molecule has 158 valence electrons. The van der Waals surface area contributed by atoms with Gasteiger partial charge in [0.15, 0.2) is 0 Å². The van der Waals surface area contributed by atoms with Gasteiger partial charge in [0.05, 0.1) is 34.1 Å². The summed E-state index contributed by atoms with van der Waals surface area (Å²) in [6.45, 7) is 4.14. The first-order chi connectivity index (χ1) is 15.6. The number of carbonyl (C=O) groups is 1. The van der Waals surface area contributed by atoms with Crippen molar-refractivity contribution in [1.82, 2.24) is 14.5 Å². The molecule has 2 aromatic heterocycles. The van der Waals surface area contributed by atoms with Gasteiger partial charge in [-0.3, -0.25) is 4.79 Å². The van der Waals surface area contributed by atoms with E-state index in [1.165, 1.54) is 5.56 Å². The molecule has 5 nitrogen and oxygen atoms in total. The average Bonchev–Trinajstić information content (AvgIpc) is 3.45. The van der Waals surface area contributed by atoms with Crippen molar-refractivity contribution in [3.8, 4) is 11.3 Å². The average molecular weight is 439 g/mol. The fourth-order valence-electron chi connectivity index (χ4n) is 3.80. The lowest BCUT2D eigenvalue weighted by Gasteiger charge is -2.15. The molecule has 5 rings (SSSR count). The van der Waals surface area contributed by atoms with Gasteiger partial charge in [0.2, 0.25) is 0 Å². The second-order valence-electron chi connectivity index (χ2n) is 7.73. The van der Waals surface area contributed by atoms with Crippen molar-refractivity contribution >= 4 is 34.0 Å². The lowest BCUT2D eigenvalue weighted by Crippen LogP contribution is -2.11. The number of imidazole rings is 1. The van der Waals surface area contributed by atoms with Gasteiger partial charge in [-0.05, 0) is 49.7 Å². The third kappa shape index (κ3) is 3.92. The van der Waals surface area contributed by atoms with E-state index < -0.39 is 0 Å². The molecule has 0 aliphatic heterocycles. The highest BCUT2D eigenvalue weighted by molar-refractivity contribution is 7.09. The zero-order valence-corrected chi connectivity index (χ0v) is 18.6. The van der Waals surface area contributed by atoms with E-state index in [0.29, 0.717) is 5.56 Å². The molecular formula is C26H22N4OS. The van der Waals surface area contributed by atoms with E-state index >= 15 is 0 Å². The summed E-state index contributed by atoms with van der Waals surface area (Å²) >= 11 is 1.62. The first kappa shape index (κ1) is 20.2. The Morgan fingerprint density at radius 2 is 1.81 bits per heavy atom. The minimum Gasteiger partial charge on any atom is -0.323 e. The highest BCUT2D eigenvalue weighted by Crippen LogP contribution is 2.26. The topological polar surface area (TPSA) is 59.8 Å². The van der Waals surface area contributed by atoms with Crippen molar-refractivity contribution in [3.05, 3.63) is 101 Å². The van der Waals surface area contributed by atoms with Crippen LogP contribution in [0.4, 0.5) is 5.69 Å². The summed E-state index contributed by atoms with van der Waals surface area (Å²) in [6, 6.07) is 23.9.